The Kier molecular flexibility index (Phi) is 2.92. The lowest BCUT2D eigenvalue weighted by atomic mass is 10.1. The fraction of sp³-hybridized carbons (Fsp3) is 0.417. The average molecular weight is 222 g/mol. The maximum atomic E-state index is 12.8. The van der Waals surface area contributed by atoms with E-state index in [1.165, 1.54) is 12.1 Å². The molecule has 16 heavy (non-hydrogen) atoms. The van der Waals surface area contributed by atoms with Crippen LogP contribution in [0.4, 0.5) is 4.39 Å². The van der Waals surface area contributed by atoms with Gasteiger partial charge in [-0.2, -0.15) is 0 Å². The third kappa shape index (κ3) is 2.58. The van der Waals surface area contributed by atoms with Crippen LogP contribution in [0.5, 0.6) is 0 Å². The van der Waals surface area contributed by atoms with Gasteiger partial charge in [-0.25, -0.2) is 4.39 Å². The Morgan fingerprint density at radius 3 is 2.88 bits per heavy atom. The summed E-state index contributed by atoms with van der Waals surface area (Å²) in [6, 6.07) is 6.38. The van der Waals surface area contributed by atoms with E-state index in [1.54, 1.807) is 6.07 Å². The number of hydrogen-bond donors (Lipinski definition) is 2. The minimum absolute atomic E-state index is 0.0936. The summed E-state index contributed by atoms with van der Waals surface area (Å²) in [6.45, 7) is 0.501. The average Bonchev–Trinajstić information content (AvgIpc) is 2.98. The Hall–Kier alpha value is -1.42. The lowest BCUT2D eigenvalue weighted by molar-refractivity contribution is -0.123. The molecule has 1 aliphatic rings. The first-order valence-electron chi connectivity index (χ1n) is 5.42. The van der Waals surface area contributed by atoms with Gasteiger partial charge in [0.25, 0.3) is 0 Å². The summed E-state index contributed by atoms with van der Waals surface area (Å²) < 4.78 is 12.8. The lowest BCUT2D eigenvalue weighted by Crippen LogP contribution is -2.43. The van der Waals surface area contributed by atoms with Crippen LogP contribution in [0.15, 0.2) is 24.3 Å². The predicted molar refractivity (Wildman–Crippen MR) is 59.3 cm³/mol. The van der Waals surface area contributed by atoms with Crippen LogP contribution in [0.1, 0.15) is 18.4 Å². The second-order valence-corrected chi connectivity index (χ2v) is 4.29. The molecule has 3 nitrogen and oxygen atoms in total. The smallest absolute Gasteiger partial charge is 0.240 e. The zero-order chi connectivity index (χ0) is 11.6. The third-order valence-electron chi connectivity index (χ3n) is 2.83. The van der Waals surface area contributed by atoms with Gasteiger partial charge < -0.3 is 11.1 Å². The van der Waals surface area contributed by atoms with Gasteiger partial charge in [0, 0.05) is 6.54 Å². The highest BCUT2D eigenvalue weighted by atomic mass is 19.1. The van der Waals surface area contributed by atoms with E-state index in [0.717, 1.165) is 18.4 Å². The molecular weight excluding hydrogens is 207 g/mol. The Morgan fingerprint density at radius 1 is 1.50 bits per heavy atom. The van der Waals surface area contributed by atoms with Gasteiger partial charge in [-0.1, -0.05) is 12.1 Å². The molecule has 1 saturated carbocycles. The van der Waals surface area contributed by atoms with E-state index in [4.69, 9.17) is 5.73 Å². The van der Waals surface area contributed by atoms with E-state index in [0.29, 0.717) is 13.0 Å². The van der Waals surface area contributed by atoms with Crippen molar-refractivity contribution in [1.29, 1.82) is 0 Å². The van der Waals surface area contributed by atoms with Crippen molar-refractivity contribution in [3.05, 3.63) is 35.6 Å². The van der Waals surface area contributed by atoms with Crippen molar-refractivity contribution < 1.29 is 9.18 Å². The van der Waals surface area contributed by atoms with Crippen LogP contribution in [0.25, 0.3) is 0 Å². The van der Waals surface area contributed by atoms with Gasteiger partial charge in [-0.05, 0) is 37.0 Å². The molecule has 2 rings (SSSR count). The molecule has 0 bridgehead atoms. The van der Waals surface area contributed by atoms with Crippen LogP contribution in [0.3, 0.4) is 0 Å². The van der Waals surface area contributed by atoms with Crippen molar-refractivity contribution in [3.8, 4) is 0 Å². The largest absolute Gasteiger partial charge is 0.354 e. The number of halogens is 1. The Bertz CT molecular complexity index is 402. The van der Waals surface area contributed by atoms with E-state index in [9.17, 15) is 9.18 Å². The van der Waals surface area contributed by atoms with Gasteiger partial charge in [0.05, 0.1) is 5.54 Å². The highest BCUT2D eigenvalue weighted by molar-refractivity contribution is 5.88. The number of nitrogens with two attached hydrogens (primary N) is 1. The molecule has 86 valence electrons. The van der Waals surface area contributed by atoms with Crippen LogP contribution in [-0.2, 0) is 11.2 Å². The summed E-state index contributed by atoms with van der Waals surface area (Å²) in [4.78, 5) is 11.5. The zero-order valence-electron chi connectivity index (χ0n) is 9.00. The fourth-order valence-corrected chi connectivity index (χ4v) is 1.55. The first-order valence-corrected chi connectivity index (χ1v) is 5.42. The lowest BCUT2D eigenvalue weighted by Gasteiger charge is -2.09. The van der Waals surface area contributed by atoms with Crippen LogP contribution < -0.4 is 11.1 Å². The van der Waals surface area contributed by atoms with Gasteiger partial charge in [0.1, 0.15) is 5.82 Å². The maximum absolute atomic E-state index is 12.8. The standard InChI is InChI=1S/C12H15FN2O/c13-10-3-1-2-9(8-10)4-7-15-11(16)12(14)5-6-12/h1-3,8H,4-7,14H2,(H,15,16). The van der Waals surface area contributed by atoms with E-state index in [-0.39, 0.29) is 11.7 Å². The number of amides is 1. The summed E-state index contributed by atoms with van der Waals surface area (Å²) >= 11 is 0. The van der Waals surface area contributed by atoms with Crippen molar-refractivity contribution in [2.45, 2.75) is 24.8 Å². The first kappa shape index (κ1) is 11.1. The van der Waals surface area contributed by atoms with Crippen molar-refractivity contribution in [2.75, 3.05) is 6.54 Å². The predicted octanol–water partition coefficient (Wildman–Crippen LogP) is 0.976. The third-order valence-corrected chi connectivity index (χ3v) is 2.83. The van der Waals surface area contributed by atoms with Crippen LogP contribution in [0.2, 0.25) is 0 Å². The van der Waals surface area contributed by atoms with E-state index < -0.39 is 5.54 Å². The van der Waals surface area contributed by atoms with Crippen molar-refractivity contribution in [3.63, 3.8) is 0 Å². The number of carbonyl (C=O) groups excluding carboxylic acids is 1. The molecule has 1 amide bonds. The SMILES string of the molecule is NC1(C(=O)NCCc2cccc(F)c2)CC1. The minimum Gasteiger partial charge on any atom is -0.354 e. The molecule has 1 aromatic rings. The Labute approximate surface area is 93.8 Å². The monoisotopic (exact) mass is 222 g/mol. The van der Waals surface area contributed by atoms with Crippen LogP contribution in [0, 0.1) is 5.82 Å². The second kappa shape index (κ2) is 4.22. The molecule has 1 fully saturated rings. The molecule has 0 atom stereocenters. The molecule has 0 saturated heterocycles. The number of rotatable bonds is 4. The summed E-state index contributed by atoms with van der Waals surface area (Å²) in [7, 11) is 0. The van der Waals surface area contributed by atoms with Gasteiger partial charge in [-0.15, -0.1) is 0 Å². The topological polar surface area (TPSA) is 55.1 Å². The summed E-state index contributed by atoms with van der Waals surface area (Å²) in [5, 5.41) is 2.77. The maximum Gasteiger partial charge on any atom is 0.240 e. The van der Waals surface area contributed by atoms with Gasteiger partial charge >= 0.3 is 0 Å². The molecule has 0 heterocycles. The molecule has 0 radical (unpaired) electrons. The summed E-state index contributed by atoms with van der Waals surface area (Å²) in [5.74, 6) is -0.342. The molecule has 4 heteroatoms. The molecule has 0 spiro atoms. The highest BCUT2D eigenvalue weighted by Gasteiger charge is 2.45. The Morgan fingerprint density at radius 2 is 2.25 bits per heavy atom. The number of nitrogens with one attached hydrogen (secondary N) is 1. The molecule has 3 N–H and O–H groups in total. The number of carbonyl (C=O) groups is 1. The van der Waals surface area contributed by atoms with Gasteiger partial charge in [-0.3, -0.25) is 4.79 Å². The van der Waals surface area contributed by atoms with Crippen molar-refractivity contribution >= 4 is 5.91 Å². The second-order valence-electron chi connectivity index (χ2n) is 4.29. The van der Waals surface area contributed by atoms with Crippen molar-refractivity contribution in [1.82, 2.24) is 5.32 Å². The molecule has 0 unspecified atom stereocenters. The van der Waals surface area contributed by atoms with E-state index >= 15 is 0 Å². The first-order chi connectivity index (χ1) is 7.60. The quantitative estimate of drug-likeness (QED) is 0.797. The fourth-order valence-electron chi connectivity index (χ4n) is 1.55. The number of benzene rings is 1. The Balaban J connectivity index is 1.78. The van der Waals surface area contributed by atoms with E-state index in [2.05, 4.69) is 5.32 Å². The van der Waals surface area contributed by atoms with E-state index in [1.807, 2.05) is 6.07 Å². The van der Waals surface area contributed by atoms with Gasteiger partial charge in [0.2, 0.25) is 5.91 Å². The molecule has 0 aliphatic heterocycles. The molecule has 1 aromatic carbocycles. The normalized spacial score (nSPS) is 16.9. The van der Waals surface area contributed by atoms with Crippen LogP contribution >= 0.6 is 0 Å². The van der Waals surface area contributed by atoms with Gasteiger partial charge in [0.15, 0.2) is 0 Å². The minimum atomic E-state index is -0.623. The number of hydrogen-bond acceptors (Lipinski definition) is 2. The van der Waals surface area contributed by atoms with Crippen molar-refractivity contribution in [2.24, 2.45) is 5.73 Å². The molecule has 0 aromatic heterocycles. The summed E-state index contributed by atoms with van der Waals surface area (Å²) in [6.07, 6.45) is 2.15. The molecule has 1 aliphatic carbocycles. The zero-order valence-corrected chi connectivity index (χ0v) is 9.00. The van der Waals surface area contributed by atoms with Crippen LogP contribution in [-0.4, -0.2) is 18.0 Å². The summed E-state index contributed by atoms with van der Waals surface area (Å²) in [5.41, 5.74) is 5.98. The highest BCUT2D eigenvalue weighted by Crippen LogP contribution is 2.31. The molecular formula is C12H15FN2O.